The summed E-state index contributed by atoms with van der Waals surface area (Å²) in [5, 5.41) is 0. The lowest BCUT2D eigenvalue weighted by atomic mass is 10.2. The highest BCUT2D eigenvalue weighted by Crippen LogP contribution is 2.31. The van der Waals surface area contributed by atoms with Gasteiger partial charge >= 0.3 is 0 Å². The first-order valence-corrected chi connectivity index (χ1v) is 7.26. The van der Waals surface area contributed by atoms with Gasteiger partial charge in [-0.05, 0) is 19.1 Å². The van der Waals surface area contributed by atoms with Crippen LogP contribution in [-0.2, 0) is 4.74 Å². The molecule has 2 atom stereocenters. The van der Waals surface area contributed by atoms with Crippen molar-refractivity contribution in [3.63, 3.8) is 0 Å². The summed E-state index contributed by atoms with van der Waals surface area (Å²) >= 11 is 1.81. The van der Waals surface area contributed by atoms with E-state index in [4.69, 9.17) is 10.5 Å². The van der Waals surface area contributed by atoms with Crippen molar-refractivity contribution in [2.75, 3.05) is 17.7 Å². The van der Waals surface area contributed by atoms with E-state index in [1.807, 2.05) is 16.3 Å². The molecule has 0 spiro atoms. The van der Waals surface area contributed by atoms with Crippen molar-refractivity contribution in [1.29, 1.82) is 0 Å². The van der Waals surface area contributed by atoms with Crippen molar-refractivity contribution in [2.45, 2.75) is 25.2 Å². The second-order valence-electron chi connectivity index (χ2n) is 4.33. The average molecular weight is 265 g/mol. The normalized spacial score (nSPS) is 23.8. The molecule has 0 bridgehead atoms. The van der Waals surface area contributed by atoms with Gasteiger partial charge in [-0.15, -0.1) is 0 Å². The van der Waals surface area contributed by atoms with E-state index in [1.165, 1.54) is 6.33 Å². The molecule has 2 aromatic rings. The van der Waals surface area contributed by atoms with Gasteiger partial charge in [-0.3, -0.25) is 4.57 Å². The molecule has 1 aliphatic heterocycles. The van der Waals surface area contributed by atoms with Gasteiger partial charge in [0.2, 0.25) is 0 Å². The number of hydrogen-bond acceptors (Lipinski definition) is 6. The Morgan fingerprint density at radius 1 is 1.44 bits per heavy atom. The van der Waals surface area contributed by atoms with Crippen LogP contribution in [0.3, 0.4) is 0 Å². The fraction of sp³-hybridized carbons (Fsp3) is 0.545. The van der Waals surface area contributed by atoms with Crippen molar-refractivity contribution < 1.29 is 4.74 Å². The summed E-state index contributed by atoms with van der Waals surface area (Å²) in [5.41, 5.74) is 7.17. The topological polar surface area (TPSA) is 78.9 Å². The molecule has 2 N–H and O–H groups in total. The number of nitrogens with zero attached hydrogens (tertiary/aromatic N) is 4. The van der Waals surface area contributed by atoms with Crippen LogP contribution < -0.4 is 5.73 Å². The molecule has 7 heteroatoms. The second kappa shape index (κ2) is 4.74. The van der Waals surface area contributed by atoms with Crippen LogP contribution in [-0.4, -0.2) is 37.6 Å². The Morgan fingerprint density at radius 3 is 3.17 bits per heavy atom. The first kappa shape index (κ1) is 11.7. The number of nitrogens with two attached hydrogens (primary N) is 1. The van der Waals surface area contributed by atoms with Gasteiger partial charge in [0.1, 0.15) is 18.1 Å². The van der Waals surface area contributed by atoms with Crippen LogP contribution in [0.1, 0.15) is 19.1 Å². The zero-order valence-electron chi connectivity index (χ0n) is 10.1. The van der Waals surface area contributed by atoms with Gasteiger partial charge in [0.25, 0.3) is 0 Å². The Bertz CT molecular complexity index is 557. The fourth-order valence-corrected chi connectivity index (χ4v) is 2.90. The van der Waals surface area contributed by atoms with Crippen molar-refractivity contribution in [2.24, 2.45) is 0 Å². The summed E-state index contributed by atoms with van der Waals surface area (Å²) in [7, 11) is 0. The van der Waals surface area contributed by atoms with Crippen LogP contribution >= 0.6 is 11.8 Å². The molecule has 0 amide bonds. The number of aromatic nitrogens is 4. The highest BCUT2D eigenvalue weighted by atomic mass is 32.2. The third-order valence-electron chi connectivity index (χ3n) is 3.14. The van der Waals surface area contributed by atoms with Crippen molar-refractivity contribution >= 4 is 28.7 Å². The zero-order valence-corrected chi connectivity index (χ0v) is 10.9. The zero-order chi connectivity index (χ0) is 12.5. The summed E-state index contributed by atoms with van der Waals surface area (Å²) in [6, 6.07) is 0. The lowest BCUT2D eigenvalue weighted by Gasteiger charge is -2.14. The third-order valence-corrected chi connectivity index (χ3v) is 3.84. The highest BCUT2D eigenvalue weighted by molar-refractivity contribution is 7.98. The quantitative estimate of drug-likeness (QED) is 0.905. The van der Waals surface area contributed by atoms with E-state index in [1.54, 1.807) is 6.33 Å². The molecular formula is C11H15N5OS. The van der Waals surface area contributed by atoms with Crippen LogP contribution in [0.5, 0.6) is 0 Å². The van der Waals surface area contributed by atoms with Gasteiger partial charge in [0, 0.05) is 5.75 Å². The number of anilines is 1. The van der Waals surface area contributed by atoms with Crippen LogP contribution in [0.4, 0.5) is 5.82 Å². The van der Waals surface area contributed by atoms with Crippen molar-refractivity contribution in [3.8, 4) is 0 Å². The standard InChI is InChI=1S/C11H15N5OS/c1-18-4-7-2-3-8(17-7)16-6-15-9-10(12)13-5-14-11(9)16/h5-8H,2-4H2,1H3,(H2,12,13,14)/t7-,8+/m0/s1. The molecule has 0 aromatic carbocycles. The first-order chi connectivity index (χ1) is 8.79. The molecule has 96 valence electrons. The molecule has 1 saturated heterocycles. The molecule has 0 saturated carbocycles. The Morgan fingerprint density at radius 2 is 2.33 bits per heavy atom. The highest BCUT2D eigenvalue weighted by Gasteiger charge is 2.27. The maximum Gasteiger partial charge on any atom is 0.167 e. The van der Waals surface area contributed by atoms with E-state index >= 15 is 0 Å². The molecule has 6 nitrogen and oxygen atoms in total. The first-order valence-electron chi connectivity index (χ1n) is 5.87. The summed E-state index contributed by atoms with van der Waals surface area (Å²) in [4.78, 5) is 12.4. The van der Waals surface area contributed by atoms with Gasteiger partial charge in [-0.2, -0.15) is 11.8 Å². The van der Waals surface area contributed by atoms with Crippen LogP contribution in [0.25, 0.3) is 11.2 Å². The van der Waals surface area contributed by atoms with Crippen LogP contribution in [0, 0.1) is 0 Å². The maximum atomic E-state index is 6.00. The Labute approximate surface area is 109 Å². The van der Waals surface area contributed by atoms with E-state index < -0.39 is 0 Å². The number of ether oxygens (including phenoxy) is 1. The van der Waals surface area contributed by atoms with E-state index in [0.717, 1.165) is 24.2 Å². The van der Waals surface area contributed by atoms with Crippen molar-refractivity contribution in [1.82, 2.24) is 19.5 Å². The molecule has 18 heavy (non-hydrogen) atoms. The summed E-state index contributed by atoms with van der Waals surface area (Å²) < 4.78 is 7.95. The Kier molecular flexibility index (Phi) is 3.09. The number of fused-ring (bicyclic) bond motifs is 1. The molecule has 0 aliphatic carbocycles. The van der Waals surface area contributed by atoms with Gasteiger partial charge in [0.05, 0.1) is 12.4 Å². The molecule has 1 fully saturated rings. The van der Waals surface area contributed by atoms with E-state index in [9.17, 15) is 0 Å². The van der Waals surface area contributed by atoms with E-state index in [-0.39, 0.29) is 6.23 Å². The van der Waals surface area contributed by atoms with Crippen molar-refractivity contribution in [3.05, 3.63) is 12.7 Å². The SMILES string of the molecule is CSC[C@@H]1CC[C@H](n2cnc3c(N)ncnc32)O1. The average Bonchev–Trinajstić information content (AvgIpc) is 2.96. The number of hydrogen-bond donors (Lipinski definition) is 1. The van der Waals surface area contributed by atoms with E-state index in [2.05, 4.69) is 21.2 Å². The Balaban J connectivity index is 1.89. The van der Waals surface area contributed by atoms with Gasteiger partial charge in [-0.25, -0.2) is 15.0 Å². The van der Waals surface area contributed by atoms with Crippen LogP contribution in [0.2, 0.25) is 0 Å². The predicted molar refractivity (Wildman–Crippen MR) is 71.3 cm³/mol. The largest absolute Gasteiger partial charge is 0.382 e. The summed E-state index contributed by atoms with van der Waals surface area (Å²) in [6.07, 6.45) is 7.69. The summed E-state index contributed by atoms with van der Waals surface area (Å²) in [5.74, 6) is 1.44. The third kappa shape index (κ3) is 1.93. The number of nitrogen functional groups attached to an aromatic ring is 1. The molecule has 2 aromatic heterocycles. The van der Waals surface area contributed by atoms with Crippen LogP contribution in [0.15, 0.2) is 12.7 Å². The molecule has 0 radical (unpaired) electrons. The molecule has 3 heterocycles. The minimum atomic E-state index is 0.0152. The summed E-state index contributed by atoms with van der Waals surface area (Å²) in [6.45, 7) is 0. The lowest BCUT2D eigenvalue weighted by Crippen LogP contribution is -2.13. The molecule has 1 aliphatic rings. The van der Waals surface area contributed by atoms with Gasteiger partial charge in [-0.1, -0.05) is 0 Å². The minimum absolute atomic E-state index is 0.0152. The molecule has 0 unspecified atom stereocenters. The minimum Gasteiger partial charge on any atom is -0.382 e. The molecular weight excluding hydrogens is 250 g/mol. The monoisotopic (exact) mass is 265 g/mol. The maximum absolute atomic E-state index is 6.00. The second-order valence-corrected chi connectivity index (χ2v) is 5.24. The lowest BCUT2D eigenvalue weighted by molar-refractivity contribution is 0.0154. The molecule has 3 rings (SSSR count). The fourth-order valence-electron chi connectivity index (χ4n) is 2.28. The number of thioether (sulfide) groups is 1. The predicted octanol–water partition coefficient (Wildman–Crippen LogP) is 1.45. The Hall–Kier alpha value is -1.34. The van der Waals surface area contributed by atoms with Gasteiger partial charge < -0.3 is 10.5 Å². The number of rotatable bonds is 3. The number of imidazole rings is 1. The smallest absolute Gasteiger partial charge is 0.167 e. The van der Waals surface area contributed by atoms with E-state index in [0.29, 0.717) is 17.4 Å². The van der Waals surface area contributed by atoms with Gasteiger partial charge in [0.15, 0.2) is 11.5 Å².